The first kappa shape index (κ1) is 22.9. The molecule has 0 spiro atoms. The molecule has 1 aliphatic carbocycles. The highest BCUT2D eigenvalue weighted by atomic mass is 19.1. The van der Waals surface area contributed by atoms with Gasteiger partial charge in [0.05, 0.1) is 7.11 Å². The molecule has 1 heterocycles. The molecule has 4 rings (SSSR count). The summed E-state index contributed by atoms with van der Waals surface area (Å²) < 4.78 is 19.7. The topological polar surface area (TPSA) is 97.0 Å². The average Bonchev–Trinajstić information content (AvgIpc) is 3.07. The lowest BCUT2D eigenvalue weighted by molar-refractivity contribution is -0.0896. The Kier molecular flexibility index (Phi) is 7.27. The Hall–Kier alpha value is -2.23. The summed E-state index contributed by atoms with van der Waals surface area (Å²) in [5, 5.41) is 0. The van der Waals surface area contributed by atoms with Crippen LogP contribution in [0.1, 0.15) is 44.1 Å². The molecule has 1 aliphatic heterocycles. The largest absolute Gasteiger partial charge is 0.494 e. The molecule has 2 aliphatic rings. The van der Waals surface area contributed by atoms with Gasteiger partial charge in [0.2, 0.25) is 0 Å². The van der Waals surface area contributed by atoms with E-state index in [-0.39, 0.29) is 11.8 Å². The quantitative estimate of drug-likeness (QED) is 0.613. The van der Waals surface area contributed by atoms with E-state index < -0.39 is 24.7 Å². The van der Waals surface area contributed by atoms with Gasteiger partial charge in [-0.05, 0) is 30.5 Å². The SMILES string of the molecule is COc1ccc(N2C(N)N(Cc3ccccc3)C(N)N(C3CCCCCC3)C2N)cc1F. The molecule has 6 N–H and O–H groups in total. The van der Waals surface area contributed by atoms with Gasteiger partial charge in [0.25, 0.3) is 0 Å². The number of ether oxygens (including phenoxy) is 1. The first-order chi connectivity index (χ1) is 15.5. The molecular weight excluding hydrogens is 407 g/mol. The maximum Gasteiger partial charge on any atom is 0.167 e. The summed E-state index contributed by atoms with van der Waals surface area (Å²) >= 11 is 0. The Morgan fingerprint density at radius 2 is 1.59 bits per heavy atom. The van der Waals surface area contributed by atoms with Crippen LogP contribution in [0.4, 0.5) is 10.1 Å². The predicted octanol–water partition coefficient (Wildman–Crippen LogP) is 2.91. The molecule has 1 saturated heterocycles. The van der Waals surface area contributed by atoms with Crippen molar-refractivity contribution in [2.75, 3.05) is 12.0 Å². The Labute approximate surface area is 189 Å². The minimum atomic E-state index is -0.616. The van der Waals surface area contributed by atoms with E-state index >= 15 is 0 Å². The van der Waals surface area contributed by atoms with Crippen LogP contribution >= 0.6 is 0 Å². The lowest BCUT2D eigenvalue weighted by Crippen LogP contribution is -2.79. The molecule has 174 valence electrons. The molecule has 2 aromatic rings. The summed E-state index contributed by atoms with van der Waals surface area (Å²) in [6.45, 7) is 0.564. The molecule has 0 bridgehead atoms. The third-order valence-corrected chi connectivity index (χ3v) is 6.75. The van der Waals surface area contributed by atoms with Gasteiger partial charge in [-0.3, -0.25) is 11.5 Å². The maximum absolute atomic E-state index is 14.6. The van der Waals surface area contributed by atoms with Crippen molar-refractivity contribution in [1.29, 1.82) is 0 Å². The van der Waals surface area contributed by atoms with Crippen LogP contribution < -0.4 is 26.8 Å². The molecule has 3 unspecified atom stereocenters. The lowest BCUT2D eigenvalue weighted by atomic mass is 10.1. The van der Waals surface area contributed by atoms with Crippen LogP contribution in [0.25, 0.3) is 0 Å². The molecular formula is C24H35FN6O. The fraction of sp³-hybridized carbons (Fsp3) is 0.500. The second-order valence-electron chi connectivity index (χ2n) is 8.72. The monoisotopic (exact) mass is 442 g/mol. The van der Waals surface area contributed by atoms with E-state index in [2.05, 4.69) is 17.0 Å². The number of hydrogen-bond acceptors (Lipinski definition) is 7. The van der Waals surface area contributed by atoms with Crippen molar-refractivity contribution < 1.29 is 9.13 Å². The number of halogens is 1. The number of nitrogens with zero attached hydrogens (tertiary/aromatic N) is 3. The van der Waals surface area contributed by atoms with Crippen LogP contribution in [0.15, 0.2) is 48.5 Å². The molecule has 0 radical (unpaired) electrons. The van der Waals surface area contributed by atoms with Crippen molar-refractivity contribution in [3.8, 4) is 5.75 Å². The number of nitrogens with two attached hydrogens (primary N) is 3. The maximum atomic E-state index is 14.6. The summed E-state index contributed by atoms with van der Waals surface area (Å²) in [4.78, 5) is 6.06. The molecule has 2 aromatic carbocycles. The summed E-state index contributed by atoms with van der Waals surface area (Å²) in [6.07, 6.45) is 5.23. The molecule has 0 aromatic heterocycles. The van der Waals surface area contributed by atoms with E-state index in [1.165, 1.54) is 26.0 Å². The van der Waals surface area contributed by atoms with Crippen LogP contribution in [0.2, 0.25) is 0 Å². The van der Waals surface area contributed by atoms with Gasteiger partial charge in [0.15, 0.2) is 11.6 Å². The highest BCUT2D eigenvalue weighted by Gasteiger charge is 2.44. The zero-order chi connectivity index (χ0) is 22.7. The van der Waals surface area contributed by atoms with Crippen LogP contribution in [-0.2, 0) is 6.54 Å². The van der Waals surface area contributed by atoms with E-state index in [0.29, 0.717) is 12.2 Å². The minimum absolute atomic E-state index is 0.186. The van der Waals surface area contributed by atoms with Crippen molar-refractivity contribution in [2.45, 2.75) is 70.0 Å². The van der Waals surface area contributed by atoms with Gasteiger partial charge in [-0.15, -0.1) is 0 Å². The Morgan fingerprint density at radius 3 is 2.22 bits per heavy atom. The lowest BCUT2D eigenvalue weighted by Gasteiger charge is -2.57. The number of methoxy groups -OCH3 is 1. The fourth-order valence-corrected chi connectivity index (χ4v) is 5.03. The normalized spacial score (nSPS) is 26.2. The second-order valence-corrected chi connectivity index (χ2v) is 8.72. The molecule has 3 atom stereocenters. The van der Waals surface area contributed by atoms with Crippen LogP contribution in [0.3, 0.4) is 0 Å². The second kappa shape index (κ2) is 10.1. The van der Waals surface area contributed by atoms with E-state index in [0.717, 1.165) is 31.2 Å². The summed E-state index contributed by atoms with van der Waals surface area (Å²) in [7, 11) is 1.45. The minimum Gasteiger partial charge on any atom is -0.494 e. The van der Waals surface area contributed by atoms with Crippen LogP contribution in [-0.4, -0.2) is 41.8 Å². The highest BCUT2D eigenvalue weighted by molar-refractivity contribution is 5.51. The molecule has 2 fully saturated rings. The number of rotatable bonds is 5. The first-order valence-corrected chi connectivity index (χ1v) is 11.5. The van der Waals surface area contributed by atoms with Crippen molar-refractivity contribution in [2.24, 2.45) is 17.2 Å². The molecule has 8 heteroatoms. The smallest absolute Gasteiger partial charge is 0.167 e. The standard InChI is InChI=1S/C24H35FN6O/c1-32-21-14-13-19(15-20(21)25)31-23(27)29(16-17-9-5-4-6-10-17)22(26)30(24(31)28)18-11-7-2-3-8-12-18/h4-6,9-10,13-15,18,22-24H,2-3,7-8,11-12,16,26-28H2,1H3. The van der Waals surface area contributed by atoms with E-state index in [4.69, 9.17) is 21.9 Å². The third-order valence-electron chi connectivity index (χ3n) is 6.75. The Morgan fingerprint density at radius 1 is 0.906 bits per heavy atom. The number of hydrogen-bond donors (Lipinski definition) is 3. The van der Waals surface area contributed by atoms with Crippen molar-refractivity contribution in [3.05, 3.63) is 59.9 Å². The van der Waals surface area contributed by atoms with Gasteiger partial charge in [-0.25, -0.2) is 14.2 Å². The van der Waals surface area contributed by atoms with Crippen LogP contribution in [0, 0.1) is 5.82 Å². The van der Waals surface area contributed by atoms with Gasteiger partial charge in [0.1, 0.15) is 18.9 Å². The van der Waals surface area contributed by atoms with Gasteiger partial charge in [-0.2, -0.15) is 0 Å². The highest BCUT2D eigenvalue weighted by Crippen LogP contribution is 2.34. The summed E-state index contributed by atoms with van der Waals surface area (Å²) in [5.74, 6) is -0.263. The zero-order valence-electron chi connectivity index (χ0n) is 18.7. The molecule has 0 amide bonds. The fourth-order valence-electron chi connectivity index (χ4n) is 5.03. The third kappa shape index (κ3) is 4.60. The van der Waals surface area contributed by atoms with E-state index in [1.807, 2.05) is 28.0 Å². The van der Waals surface area contributed by atoms with E-state index in [1.54, 1.807) is 12.1 Å². The van der Waals surface area contributed by atoms with Gasteiger partial charge < -0.3 is 15.4 Å². The number of benzene rings is 2. The van der Waals surface area contributed by atoms with Crippen molar-refractivity contribution in [3.63, 3.8) is 0 Å². The van der Waals surface area contributed by atoms with Gasteiger partial charge >= 0.3 is 0 Å². The van der Waals surface area contributed by atoms with Gasteiger partial charge in [0, 0.05) is 24.3 Å². The van der Waals surface area contributed by atoms with Crippen LogP contribution in [0.5, 0.6) is 5.75 Å². The Balaban J connectivity index is 1.71. The first-order valence-electron chi connectivity index (χ1n) is 11.5. The summed E-state index contributed by atoms with van der Waals surface area (Å²) in [6, 6.07) is 15.2. The molecule has 32 heavy (non-hydrogen) atoms. The Bertz CT molecular complexity index is 876. The van der Waals surface area contributed by atoms with Crippen molar-refractivity contribution >= 4 is 5.69 Å². The molecule has 7 nitrogen and oxygen atoms in total. The average molecular weight is 443 g/mol. The van der Waals surface area contributed by atoms with Crippen molar-refractivity contribution in [1.82, 2.24) is 9.80 Å². The number of anilines is 1. The molecule has 1 saturated carbocycles. The van der Waals surface area contributed by atoms with E-state index in [9.17, 15) is 4.39 Å². The predicted molar refractivity (Wildman–Crippen MR) is 125 cm³/mol. The van der Waals surface area contributed by atoms with Gasteiger partial charge in [-0.1, -0.05) is 56.0 Å². The zero-order valence-corrected chi connectivity index (χ0v) is 18.7. The summed E-state index contributed by atoms with van der Waals surface area (Å²) in [5.41, 5.74) is 22.1.